The average Bonchev–Trinajstić information content (AvgIpc) is 3.08. The molecule has 8 heteroatoms. The van der Waals surface area contributed by atoms with Crippen molar-refractivity contribution in [3.8, 4) is 0 Å². The lowest BCUT2D eigenvalue weighted by molar-refractivity contribution is 0.250. The van der Waals surface area contributed by atoms with Gasteiger partial charge in [0.2, 0.25) is 0 Å². The lowest BCUT2D eigenvalue weighted by atomic mass is 9.80. The number of nitrogens with zero attached hydrogens (tertiary/aromatic N) is 2. The van der Waals surface area contributed by atoms with E-state index < -0.39 is 10.0 Å². The van der Waals surface area contributed by atoms with Crippen molar-refractivity contribution in [1.29, 1.82) is 0 Å². The highest BCUT2D eigenvalue weighted by atomic mass is 32.2. The van der Waals surface area contributed by atoms with Gasteiger partial charge in [-0.1, -0.05) is 13.8 Å². The first kappa shape index (κ1) is 21.2. The predicted molar refractivity (Wildman–Crippen MR) is 109 cm³/mol. The topological polar surface area (TPSA) is 73.8 Å². The third kappa shape index (κ3) is 5.44. The quantitative estimate of drug-likeness (QED) is 0.569. The van der Waals surface area contributed by atoms with Crippen LogP contribution in [0.2, 0.25) is 0 Å². The number of hydrogen-bond donors (Lipinski definition) is 2. The van der Waals surface area contributed by atoms with Crippen LogP contribution in [0.25, 0.3) is 0 Å². The monoisotopic (exact) mass is 400 g/mol. The molecule has 0 saturated heterocycles. The van der Waals surface area contributed by atoms with Gasteiger partial charge < -0.3 is 10.6 Å². The zero-order chi connectivity index (χ0) is 19.3. The van der Waals surface area contributed by atoms with Crippen molar-refractivity contribution in [3.63, 3.8) is 0 Å². The van der Waals surface area contributed by atoms with E-state index in [0.717, 1.165) is 22.7 Å². The summed E-state index contributed by atoms with van der Waals surface area (Å²) in [7, 11) is 1.51. The number of sulfonamides is 1. The van der Waals surface area contributed by atoms with Crippen LogP contribution in [0.15, 0.2) is 21.3 Å². The SMILES string of the molecule is CN=C(NCc1ccc(S(=O)(=O)N(C)C)s1)NC1CCC(C(C)C)CC1. The number of guanidine groups is 1. The van der Waals surface area contributed by atoms with E-state index in [1.165, 1.54) is 41.3 Å². The maximum absolute atomic E-state index is 12.2. The van der Waals surface area contributed by atoms with Crippen LogP contribution in [-0.4, -0.2) is 45.9 Å². The molecule has 0 aliphatic heterocycles. The maximum atomic E-state index is 12.2. The molecule has 0 atom stereocenters. The van der Waals surface area contributed by atoms with Crippen molar-refractivity contribution in [2.75, 3.05) is 21.1 Å². The van der Waals surface area contributed by atoms with Crippen molar-refractivity contribution in [2.45, 2.75) is 56.3 Å². The summed E-state index contributed by atoms with van der Waals surface area (Å²) in [6.07, 6.45) is 4.88. The Bertz CT molecular complexity index is 703. The van der Waals surface area contributed by atoms with E-state index in [1.54, 1.807) is 27.2 Å². The van der Waals surface area contributed by atoms with Crippen LogP contribution in [0.1, 0.15) is 44.4 Å². The molecular weight excluding hydrogens is 368 g/mol. The van der Waals surface area contributed by atoms with Crippen molar-refractivity contribution in [2.24, 2.45) is 16.8 Å². The molecule has 0 aromatic carbocycles. The number of hydrogen-bond acceptors (Lipinski definition) is 4. The highest BCUT2D eigenvalue weighted by molar-refractivity contribution is 7.91. The number of rotatable bonds is 6. The van der Waals surface area contributed by atoms with E-state index in [2.05, 4.69) is 29.5 Å². The Hall–Kier alpha value is -1.12. The second-order valence-corrected chi connectivity index (χ2v) is 11.0. The minimum absolute atomic E-state index is 0.370. The van der Waals surface area contributed by atoms with E-state index in [4.69, 9.17) is 0 Å². The van der Waals surface area contributed by atoms with Gasteiger partial charge in [0.15, 0.2) is 5.96 Å². The standard InChI is InChI=1S/C18H32N4O2S2/c1-13(2)14-6-8-15(9-7-14)21-18(19-3)20-12-16-10-11-17(25-16)26(23,24)22(4)5/h10-11,13-15H,6-9,12H2,1-5H3,(H2,19,20,21). The molecule has 0 spiro atoms. The highest BCUT2D eigenvalue weighted by Gasteiger charge is 2.24. The molecule has 2 rings (SSSR count). The molecule has 0 radical (unpaired) electrons. The zero-order valence-electron chi connectivity index (χ0n) is 16.4. The zero-order valence-corrected chi connectivity index (χ0v) is 18.1. The summed E-state index contributed by atoms with van der Waals surface area (Å²) in [5, 5.41) is 6.81. The van der Waals surface area contributed by atoms with Crippen LogP contribution in [0.5, 0.6) is 0 Å². The Morgan fingerprint density at radius 3 is 2.46 bits per heavy atom. The summed E-state index contributed by atoms with van der Waals surface area (Å²) in [6, 6.07) is 3.99. The Labute approximate surface area is 162 Å². The molecule has 1 aromatic rings. The first-order chi connectivity index (χ1) is 12.2. The largest absolute Gasteiger partial charge is 0.354 e. The van der Waals surface area contributed by atoms with E-state index in [-0.39, 0.29) is 0 Å². The lowest BCUT2D eigenvalue weighted by Gasteiger charge is -2.32. The van der Waals surface area contributed by atoms with Crippen molar-refractivity contribution in [1.82, 2.24) is 14.9 Å². The van der Waals surface area contributed by atoms with Crippen LogP contribution in [0, 0.1) is 11.8 Å². The lowest BCUT2D eigenvalue weighted by Crippen LogP contribution is -2.44. The maximum Gasteiger partial charge on any atom is 0.252 e. The molecule has 1 aliphatic rings. The second-order valence-electron chi connectivity index (χ2n) is 7.43. The van der Waals surface area contributed by atoms with E-state index in [9.17, 15) is 8.42 Å². The number of aliphatic imine (C=N–C) groups is 1. The predicted octanol–water partition coefficient (Wildman–Crippen LogP) is 2.88. The number of nitrogens with one attached hydrogen (secondary N) is 2. The van der Waals surface area contributed by atoms with Gasteiger partial charge in [0.1, 0.15) is 4.21 Å². The molecule has 1 aromatic heterocycles. The van der Waals surface area contributed by atoms with Crippen LogP contribution in [0.3, 0.4) is 0 Å². The van der Waals surface area contributed by atoms with Gasteiger partial charge in [-0.3, -0.25) is 4.99 Å². The fourth-order valence-corrected chi connectivity index (χ4v) is 5.73. The third-order valence-corrected chi connectivity index (χ3v) is 8.45. The average molecular weight is 401 g/mol. The van der Waals surface area contributed by atoms with E-state index >= 15 is 0 Å². The molecular formula is C18H32N4O2S2. The Kier molecular flexibility index (Phi) is 7.49. The first-order valence-electron chi connectivity index (χ1n) is 9.22. The van der Waals surface area contributed by atoms with Gasteiger partial charge in [0.05, 0.1) is 6.54 Å². The van der Waals surface area contributed by atoms with Gasteiger partial charge in [-0.15, -0.1) is 11.3 Å². The van der Waals surface area contributed by atoms with Crippen LogP contribution >= 0.6 is 11.3 Å². The van der Waals surface area contributed by atoms with E-state index in [0.29, 0.717) is 16.8 Å². The second kappa shape index (κ2) is 9.19. The van der Waals surface area contributed by atoms with Crippen molar-refractivity contribution < 1.29 is 8.42 Å². The molecule has 0 amide bonds. The normalized spacial score (nSPS) is 22.0. The molecule has 0 unspecified atom stereocenters. The molecule has 6 nitrogen and oxygen atoms in total. The summed E-state index contributed by atoms with van der Waals surface area (Å²) in [5.41, 5.74) is 0. The Balaban J connectivity index is 1.86. The van der Waals surface area contributed by atoms with Crippen LogP contribution < -0.4 is 10.6 Å². The minimum Gasteiger partial charge on any atom is -0.354 e. The summed E-state index contributed by atoms with van der Waals surface area (Å²) < 4.78 is 25.9. The molecule has 1 heterocycles. The fraction of sp³-hybridized carbons (Fsp3) is 0.722. The molecule has 148 valence electrons. The van der Waals surface area contributed by atoms with Gasteiger partial charge >= 0.3 is 0 Å². The summed E-state index contributed by atoms with van der Waals surface area (Å²) >= 11 is 1.30. The van der Waals surface area contributed by atoms with Crippen molar-refractivity contribution in [3.05, 3.63) is 17.0 Å². The molecule has 0 bridgehead atoms. The molecule has 1 aliphatic carbocycles. The van der Waals surface area contributed by atoms with Crippen molar-refractivity contribution >= 4 is 27.3 Å². The molecule has 1 fully saturated rings. The highest BCUT2D eigenvalue weighted by Crippen LogP contribution is 2.29. The number of thiophene rings is 1. The third-order valence-electron chi connectivity index (χ3n) is 5.08. The summed E-state index contributed by atoms with van der Waals surface area (Å²) in [5.74, 6) is 2.38. The smallest absolute Gasteiger partial charge is 0.252 e. The molecule has 26 heavy (non-hydrogen) atoms. The summed E-state index contributed by atoms with van der Waals surface area (Å²) in [4.78, 5) is 5.28. The van der Waals surface area contributed by atoms with Gasteiger partial charge in [0, 0.05) is 32.1 Å². The van der Waals surface area contributed by atoms with E-state index in [1.807, 2.05) is 6.07 Å². The van der Waals surface area contributed by atoms with Gasteiger partial charge in [-0.2, -0.15) is 0 Å². The molecule has 1 saturated carbocycles. The molecule has 2 N–H and O–H groups in total. The van der Waals surface area contributed by atoms with Gasteiger partial charge in [-0.05, 0) is 49.7 Å². The Morgan fingerprint density at radius 2 is 1.92 bits per heavy atom. The van der Waals surface area contributed by atoms with Crippen LogP contribution in [-0.2, 0) is 16.6 Å². The van der Waals surface area contributed by atoms with Gasteiger partial charge in [-0.25, -0.2) is 12.7 Å². The Morgan fingerprint density at radius 1 is 1.27 bits per heavy atom. The van der Waals surface area contributed by atoms with Crippen LogP contribution in [0.4, 0.5) is 0 Å². The van der Waals surface area contributed by atoms with Gasteiger partial charge in [0.25, 0.3) is 10.0 Å². The summed E-state index contributed by atoms with van der Waals surface area (Å²) in [6.45, 7) is 5.18. The fourth-order valence-electron chi connectivity index (χ4n) is 3.26. The first-order valence-corrected chi connectivity index (χ1v) is 11.5. The minimum atomic E-state index is -3.36.